The topological polar surface area (TPSA) is 71.2 Å². The van der Waals surface area contributed by atoms with Gasteiger partial charge in [0.2, 0.25) is 0 Å². The Balaban J connectivity index is 1.96. The lowest BCUT2D eigenvalue weighted by molar-refractivity contribution is -0.138. The molecule has 0 spiro atoms. The van der Waals surface area contributed by atoms with Crippen molar-refractivity contribution < 1.29 is 14.6 Å². The van der Waals surface area contributed by atoms with Gasteiger partial charge in [0.05, 0.1) is 12.3 Å². The lowest BCUT2D eigenvalue weighted by atomic mass is 10.1. The largest absolute Gasteiger partial charge is 0.505 e. The molecule has 0 aromatic heterocycles. The fraction of sp³-hybridized carbons (Fsp3) is 0.250. The minimum atomic E-state index is -0.375. The van der Waals surface area contributed by atoms with Crippen LogP contribution in [0.5, 0.6) is 5.75 Å². The van der Waals surface area contributed by atoms with Crippen molar-refractivity contribution in [2.75, 3.05) is 6.61 Å². The monoisotopic (exact) mass is 338 g/mol. The normalized spacial score (nSPS) is 10.8. The van der Waals surface area contributed by atoms with Gasteiger partial charge in [0.1, 0.15) is 11.4 Å². The molecule has 1 N–H and O–H groups in total. The van der Waals surface area contributed by atoms with Crippen molar-refractivity contribution in [1.29, 1.82) is 0 Å². The third-order valence-electron chi connectivity index (χ3n) is 3.66. The summed E-state index contributed by atoms with van der Waals surface area (Å²) in [5.41, 5.74) is 3.41. The van der Waals surface area contributed by atoms with Gasteiger partial charge in [0.25, 0.3) is 0 Å². The van der Waals surface area contributed by atoms with Gasteiger partial charge in [-0.1, -0.05) is 37.8 Å². The Labute approximate surface area is 147 Å². The summed E-state index contributed by atoms with van der Waals surface area (Å²) in [6.45, 7) is 7.45. The summed E-state index contributed by atoms with van der Waals surface area (Å²) in [6, 6.07) is 12.9. The van der Waals surface area contributed by atoms with E-state index in [1.807, 2.05) is 43.3 Å². The molecule has 0 unspecified atom stereocenters. The first-order chi connectivity index (χ1) is 12.0. The molecule has 0 saturated heterocycles. The van der Waals surface area contributed by atoms with E-state index in [2.05, 4.69) is 16.8 Å². The zero-order chi connectivity index (χ0) is 18.2. The van der Waals surface area contributed by atoms with Gasteiger partial charge in [-0.2, -0.15) is 5.11 Å². The zero-order valence-electron chi connectivity index (χ0n) is 14.5. The predicted octanol–water partition coefficient (Wildman–Crippen LogP) is 5.03. The molecule has 0 atom stereocenters. The van der Waals surface area contributed by atoms with Crippen LogP contribution in [0.15, 0.2) is 64.8 Å². The van der Waals surface area contributed by atoms with Gasteiger partial charge in [0, 0.05) is 12.0 Å². The summed E-state index contributed by atoms with van der Waals surface area (Å²) in [4.78, 5) is 11.3. The van der Waals surface area contributed by atoms with E-state index >= 15 is 0 Å². The second-order valence-corrected chi connectivity index (χ2v) is 5.67. The number of carbonyl (C=O) groups excluding carboxylic acids is 1. The van der Waals surface area contributed by atoms with Crippen LogP contribution in [0.3, 0.4) is 0 Å². The number of phenols is 1. The van der Waals surface area contributed by atoms with E-state index in [1.54, 1.807) is 13.0 Å². The standard InChI is InChI=1S/C20H22N2O3/c1-4-16-6-5-7-18(19(16)23)22-21-17-10-8-15(9-11-17)12-13-25-20(24)14(2)3/h5-11,23H,2,4,12-13H2,1,3H3. The van der Waals surface area contributed by atoms with Crippen LogP contribution in [-0.2, 0) is 22.4 Å². The molecule has 0 heterocycles. The van der Waals surface area contributed by atoms with E-state index in [4.69, 9.17) is 4.74 Å². The summed E-state index contributed by atoms with van der Waals surface area (Å²) in [7, 11) is 0. The molecule has 2 rings (SSSR count). The Kier molecular flexibility index (Phi) is 6.46. The van der Waals surface area contributed by atoms with Crippen LogP contribution in [0, 0.1) is 0 Å². The maximum Gasteiger partial charge on any atom is 0.333 e. The Bertz CT molecular complexity index is 780. The molecule has 0 aliphatic carbocycles. The van der Waals surface area contributed by atoms with E-state index in [9.17, 15) is 9.90 Å². The van der Waals surface area contributed by atoms with E-state index < -0.39 is 0 Å². The highest BCUT2D eigenvalue weighted by molar-refractivity contribution is 5.86. The highest BCUT2D eigenvalue weighted by Crippen LogP contribution is 2.31. The molecule has 5 heteroatoms. The number of ether oxygens (including phenoxy) is 1. The highest BCUT2D eigenvalue weighted by Gasteiger charge is 2.05. The number of nitrogens with zero attached hydrogens (tertiary/aromatic N) is 2. The molecule has 5 nitrogen and oxygen atoms in total. The number of aryl methyl sites for hydroxylation is 1. The van der Waals surface area contributed by atoms with E-state index in [0.717, 1.165) is 17.5 Å². The maximum absolute atomic E-state index is 11.3. The van der Waals surface area contributed by atoms with Gasteiger partial charge >= 0.3 is 5.97 Å². The third-order valence-corrected chi connectivity index (χ3v) is 3.66. The molecule has 0 amide bonds. The van der Waals surface area contributed by atoms with Crippen molar-refractivity contribution in [3.05, 3.63) is 65.7 Å². The van der Waals surface area contributed by atoms with Crippen molar-refractivity contribution in [1.82, 2.24) is 0 Å². The summed E-state index contributed by atoms with van der Waals surface area (Å²) in [5.74, 6) is -0.204. The average molecular weight is 338 g/mol. The molecule has 0 saturated carbocycles. The van der Waals surface area contributed by atoms with Crippen LogP contribution in [0.1, 0.15) is 25.0 Å². The third kappa shape index (κ3) is 5.28. The number of para-hydroxylation sites is 1. The van der Waals surface area contributed by atoms with E-state index in [-0.39, 0.29) is 11.7 Å². The average Bonchev–Trinajstić information content (AvgIpc) is 2.61. The SMILES string of the molecule is C=C(C)C(=O)OCCc1ccc(N=Nc2cccc(CC)c2O)cc1. The zero-order valence-corrected chi connectivity index (χ0v) is 14.5. The molecule has 0 radical (unpaired) electrons. The number of hydrogen-bond acceptors (Lipinski definition) is 5. The minimum absolute atomic E-state index is 0.171. The number of benzene rings is 2. The molecule has 0 bridgehead atoms. The van der Waals surface area contributed by atoms with Crippen LogP contribution in [0.2, 0.25) is 0 Å². The lowest BCUT2D eigenvalue weighted by Crippen LogP contribution is -2.07. The number of carbonyl (C=O) groups is 1. The van der Waals surface area contributed by atoms with Gasteiger partial charge in [-0.25, -0.2) is 4.79 Å². The van der Waals surface area contributed by atoms with Crippen molar-refractivity contribution in [3.8, 4) is 5.75 Å². The fourth-order valence-electron chi connectivity index (χ4n) is 2.17. The minimum Gasteiger partial charge on any atom is -0.505 e. The van der Waals surface area contributed by atoms with E-state index in [1.165, 1.54) is 0 Å². The van der Waals surface area contributed by atoms with Gasteiger partial charge in [-0.05, 0) is 42.7 Å². The number of hydrogen-bond donors (Lipinski definition) is 1. The number of phenolic OH excluding ortho intramolecular Hbond substituents is 1. The van der Waals surface area contributed by atoms with Crippen LogP contribution in [-0.4, -0.2) is 17.7 Å². The van der Waals surface area contributed by atoms with Crippen molar-refractivity contribution >= 4 is 17.3 Å². The Morgan fingerprint density at radius 1 is 1.16 bits per heavy atom. The summed E-state index contributed by atoms with van der Waals surface area (Å²) in [6.07, 6.45) is 1.36. The smallest absolute Gasteiger partial charge is 0.333 e. The molecular formula is C20H22N2O3. The molecule has 0 aliphatic rings. The maximum atomic E-state index is 11.3. The van der Waals surface area contributed by atoms with Gasteiger partial charge in [-0.15, -0.1) is 5.11 Å². The quantitative estimate of drug-likeness (QED) is 0.437. The summed E-state index contributed by atoms with van der Waals surface area (Å²) >= 11 is 0. The first-order valence-electron chi connectivity index (χ1n) is 8.15. The Hall–Kier alpha value is -2.95. The van der Waals surface area contributed by atoms with Crippen LogP contribution >= 0.6 is 0 Å². The van der Waals surface area contributed by atoms with E-state index in [0.29, 0.717) is 30.0 Å². The molecule has 2 aromatic rings. The molecular weight excluding hydrogens is 316 g/mol. The molecule has 25 heavy (non-hydrogen) atoms. The first kappa shape index (κ1) is 18.4. The van der Waals surface area contributed by atoms with Crippen LogP contribution in [0.4, 0.5) is 11.4 Å². The number of aromatic hydroxyl groups is 1. The number of rotatable bonds is 7. The van der Waals surface area contributed by atoms with Gasteiger partial charge < -0.3 is 9.84 Å². The highest BCUT2D eigenvalue weighted by atomic mass is 16.5. The summed E-state index contributed by atoms with van der Waals surface area (Å²) in [5, 5.41) is 18.4. The van der Waals surface area contributed by atoms with Crippen molar-refractivity contribution in [3.63, 3.8) is 0 Å². The van der Waals surface area contributed by atoms with Crippen LogP contribution < -0.4 is 0 Å². The number of azo groups is 1. The molecule has 0 fully saturated rings. The Morgan fingerprint density at radius 3 is 2.52 bits per heavy atom. The van der Waals surface area contributed by atoms with Gasteiger partial charge in [0.15, 0.2) is 0 Å². The lowest BCUT2D eigenvalue weighted by Gasteiger charge is -2.05. The van der Waals surface area contributed by atoms with Gasteiger partial charge in [-0.3, -0.25) is 0 Å². The predicted molar refractivity (Wildman–Crippen MR) is 97.6 cm³/mol. The van der Waals surface area contributed by atoms with Crippen LogP contribution in [0.25, 0.3) is 0 Å². The second-order valence-electron chi connectivity index (χ2n) is 5.67. The molecule has 130 valence electrons. The summed E-state index contributed by atoms with van der Waals surface area (Å²) < 4.78 is 5.07. The Morgan fingerprint density at radius 2 is 1.88 bits per heavy atom. The fourth-order valence-corrected chi connectivity index (χ4v) is 2.17. The van der Waals surface area contributed by atoms with Crippen molar-refractivity contribution in [2.45, 2.75) is 26.7 Å². The van der Waals surface area contributed by atoms with Crippen molar-refractivity contribution in [2.24, 2.45) is 10.2 Å². The molecule has 0 aliphatic heterocycles. The number of esters is 1. The first-order valence-corrected chi connectivity index (χ1v) is 8.15. The molecule has 2 aromatic carbocycles. The second kappa shape index (κ2) is 8.78.